The van der Waals surface area contributed by atoms with E-state index in [4.69, 9.17) is 0 Å². The third-order valence-electron chi connectivity index (χ3n) is 9.28. The van der Waals surface area contributed by atoms with Crippen molar-refractivity contribution in [3.05, 3.63) is 29.8 Å². The van der Waals surface area contributed by atoms with Gasteiger partial charge in [-0.2, -0.15) is 4.31 Å². The Morgan fingerprint density at radius 2 is 1.80 bits per heavy atom. The number of fused-ring (bicyclic) bond motifs is 1. The van der Waals surface area contributed by atoms with Crippen LogP contribution in [-0.4, -0.2) is 89.9 Å². The number of sulfonamides is 1. The molecule has 2 aliphatic heterocycles. The molecule has 0 bridgehead atoms. The average Bonchev–Trinajstić information content (AvgIpc) is 3.53. The normalized spacial score (nSPS) is 21.4. The van der Waals surface area contributed by atoms with Crippen molar-refractivity contribution < 1.29 is 28.2 Å². The Labute approximate surface area is 264 Å². The van der Waals surface area contributed by atoms with E-state index in [1.807, 2.05) is 39.8 Å². The van der Waals surface area contributed by atoms with Crippen molar-refractivity contribution in [2.24, 2.45) is 5.41 Å². The van der Waals surface area contributed by atoms with Gasteiger partial charge in [-0.3, -0.25) is 15.0 Å². The molecule has 3 rings (SSSR count). The summed E-state index contributed by atoms with van der Waals surface area (Å²) in [7, 11) is -3.62. The zero-order chi connectivity index (χ0) is 32.5. The number of aliphatic hydroxyl groups is 1. The first-order chi connectivity index (χ1) is 20.7. The number of benzene rings is 1. The molecule has 0 aliphatic carbocycles. The Bertz CT molecular complexity index is 1210. The lowest BCUT2D eigenvalue weighted by atomic mass is 9.86. The second-order valence-corrected chi connectivity index (χ2v) is 15.4. The minimum atomic E-state index is -3.62. The van der Waals surface area contributed by atoms with E-state index in [-0.39, 0.29) is 25.2 Å². The van der Waals surface area contributed by atoms with Gasteiger partial charge in [0, 0.05) is 38.3 Å². The number of nitrogens with one attached hydrogen (secondary N) is 3. The van der Waals surface area contributed by atoms with Gasteiger partial charge in [-0.25, -0.2) is 13.2 Å². The van der Waals surface area contributed by atoms with Crippen LogP contribution < -0.4 is 16.0 Å². The molecule has 1 aromatic carbocycles. The van der Waals surface area contributed by atoms with Crippen LogP contribution in [0.25, 0.3) is 0 Å². The summed E-state index contributed by atoms with van der Waals surface area (Å²) in [5, 5.41) is 30.3. The number of hydrogen-bond acceptors (Lipinski definition) is 7. The SMILES string of the molecule is CCCCCCC[C@@](CC)(NC(O)[C@@H]1CCCN1CCNC(=O)NC(CN1Cc2ccccc2S1(=O)=O)C(C)(C)C)C(=O)O. The lowest BCUT2D eigenvalue weighted by Gasteiger charge is -2.37. The number of aliphatic hydroxyl groups excluding tert-OH is 1. The van der Waals surface area contributed by atoms with Crippen LogP contribution >= 0.6 is 0 Å². The maximum atomic E-state index is 13.1. The minimum Gasteiger partial charge on any atom is -0.480 e. The predicted octanol–water partition coefficient (Wildman–Crippen LogP) is 3.87. The van der Waals surface area contributed by atoms with Gasteiger partial charge in [0.15, 0.2) is 0 Å². The maximum absolute atomic E-state index is 13.1. The van der Waals surface area contributed by atoms with Crippen molar-refractivity contribution in [3.8, 4) is 0 Å². The van der Waals surface area contributed by atoms with Crippen molar-refractivity contribution in [3.63, 3.8) is 0 Å². The van der Waals surface area contributed by atoms with E-state index < -0.39 is 39.2 Å². The molecule has 0 radical (unpaired) electrons. The number of likely N-dealkylation sites (tertiary alicyclic amines) is 1. The molecular formula is C32H55N5O6S. The van der Waals surface area contributed by atoms with Crippen LogP contribution in [0, 0.1) is 5.41 Å². The molecule has 2 heterocycles. The number of amides is 2. The monoisotopic (exact) mass is 637 g/mol. The van der Waals surface area contributed by atoms with Crippen molar-refractivity contribution in [1.82, 2.24) is 25.2 Å². The van der Waals surface area contributed by atoms with Crippen LogP contribution in [-0.2, 0) is 21.4 Å². The van der Waals surface area contributed by atoms with Crippen LogP contribution in [0.2, 0.25) is 0 Å². The van der Waals surface area contributed by atoms with Gasteiger partial charge in [-0.05, 0) is 49.3 Å². The molecule has 0 saturated carbocycles. The number of urea groups is 1. The molecule has 2 aliphatic rings. The van der Waals surface area contributed by atoms with E-state index in [1.54, 1.807) is 12.1 Å². The number of hydrogen-bond donors (Lipinski definition) is 5. The van der Waals surface area contributed by atoms with Gasteiger partial charge in [0.1, 0.15) is 11.8 Å². The van der Waals surface area contributed by atoms with Gasteiger partial charge in [-0.1, -0.05) is 84.9 Å². The molecule has 12 heteroatoms. The van der Waals surface area contributed by atoms with Gasteiger partial charge in [0.05, 0.1) is 4.90 Å². The van der Waals surface area contributed by atoms with E-state index >= 15 is 0 Å². The lowest BCUT2D eigenvalue weighted by molar-refractivity contribution is -0.148. The summed E-state index contributed by atoms with van der Waals surface area (Å²) in [5.74, 6) is -0.934. The zero-order valence-electron chi connectivity index (χ0n) is 27.3. The van der Waals surface area contributed by atoms with Crippen LogP contribution in [0.3, 0.4) is 0 Å². The molecule has 5 N–H and O–H groups in total. The van der Waals surface area contributed by atoms with Crippen LogP contribution in [0.15, 0.2) is 29.2 Å². The second kappa shape index (κ2) is 15.8. The van der Waals surface area contributed by atoms with Gasteiger partial charge >= 0.3 is 12.0 Å². The van der Waals surface area contributed by atoms with Crippen LogP contribution in [0.5, 0.6) is 0 Å². The molecule has 0 spiro atoms. The fourth-order valence-corrected chi connectivity index (χ4v) is 7.94. The van der Waals surface area contributed by atoms with E-state index in [0.29, 0.717) is 30.8 Å². The number of carboxylic acids is 1. The summed E-state index contributed by atoms with van der Waals surface area (Å²) < 4.78 is 27.6. The highest BCUT2D eigenvalue weighted by atomic mass is 32.2. The molecule has 2 unspecified atom stereocenters. The Balaban J connectivity index is 1.53. The zero-order valence-corrected chi connectivity index (χ0v) is 28.1. The quantitative estimate of drug-likeness (QED) is 0.128. The van der Waals surface area contributed by atoms with E-state index in [2.05, 4.69) is 27.8 Å². The van der Waals surface area contributed by atoms with E-state index in [0.717, 1.165) is 57.1 Å². The maximum Gasteiger partial charge on any atom is 0.323 e. The fourth-order valence-electron chi connectivity index (χ4n) is 6.29. The predicted molar refractivity (Wildman–Crippen MR) is 172 cm³/mol. The molecule has 1 aromatic rings. The van der Waals surface area contributed by atoms with Gasteiger partial charge in [0.25, 0.3) is 0 Å². The third kappa shape index (κ3) is 9.15. The third-order valence-corrected chi connectivity index (χ3v) is 11.2. The van der Waals surface area contributed by atoms with Crippen molar-refractivity contribution in [2.45, 2.75) is 128 Å². The first kappa shape index (κ1) is 36.2. The molecule has 4 atom stereocenters. The number of rotatable bonds is 17. The van der Waals surface area contributed by atoms with Gasteiger partial charge in [-0.15, -0.1) is 0 Å². The topological polar surface area (TPSA) is 151 Å². The molecule has 2 amide bonds. The van der Waals surface area contributed by atoms with Crippen LogP contribution in [0.1, 0.15) is 98.0 Å². The molecule has 1 saturated heterocycles. The number of carboxylic acid groups (broad SMARTS) is 1. The van der Waals surface area contributed by atoms with Crippen molar-refractivity contribution in [1.29, 1.82) is 0 Å². The van der Waals surface area contributed by atoms with E-state index in [1.165, 1.54) is 4.31 Å². The summed E-state index contributed by atoms with van der Waals surface area (Å²) in [4.78, 5) is 27.7. The largest absolute Gasteiger partial charge is 0.480 e. The Kier molecular flexibility index (Phi) is 13.0. The summed E-state index contributed by atoms with van der Waals surface area (Å²) in [6.07, 6.45) is 6.55. The lowest BCUT2D eigenvalue weighted by Crippen LogP contribution is -2.60. The Morgan fingerprint density at radius 3 is 2.43 bits per heavy atom. The second-order valence-electron chi connectivity index (χ2n) is 13.5. The number of nitrogens with zero attached hydrogens (tertiary/aromatic N) is 2. The number of carbonyl (C=O) groups excluding carboxylic acids is 1. The van der Waals surface area contributed by atoms with Crippen LogP contribution in [0.4, 0.5) is 4.79 Å². The molecule has 44 heavy (non-hydrogen) atoms. The molecule has 1 fully saturated rings. The summed E-state index contributed by atoms with van der Waals surface area (Å²) in [6, 6.07) is 5.91. The Morgan fingerprint density at radius 1 is 1.09 bits per heavy atom. The first-order valence-corrected chi connectivity index (χ1v) is 17.7. The summed E-state index contributed by atoms with van der Waals surface area (Å²) >= 11 is 0. The van der Waals surface area contributed by atoms with Crippen molar-refractivity contribution >= 4 is 22.0 Å². The smallest absolute Gasteiger partial charge is 0.323 e. The number of carbonyl (C=O) groups is 2. The van der Waals surface area contributed by atoms with Crippen molar-refractivity contribution in [2.75, 3.05) is 26.2 Å². The minimum absolute atomic E-state index is 0.154. The van der Waals surface area contributed by atoms with E-state index in [9.17, 15) is 28.2 Å². The highest BCUT2D eigenvalue weighted by Crippen LogP contribution is 2.32. The molecule has 0 aromatic heterocycles. The highest BCUT2D eigenvalue weighted by Gasteiger charge is 2.42. The highest BCUT2D eigenvalue weighted by molar-refractivity contribution is 7.89. The van der Waals surface area contributed by atoms with Gasteiger partial charge < -0.3 is 20.8 Å². The molecular weight excluding hydrogens is 582 g/mol. The summed E-state index contributed by atoms with van der Waals surface area (Å²) in [5.41, 5.74) is -0.818. The fraction of sp³-hybridized carbons (Fsp3) is 0.750. The first-order valence-electron chi connectivity index (χ1n) is 16.3. The average molecular weight is 638 g/mol. The standard InChI is InChI=1S/C32H55N5O6S/c1-6-8-9-10-13-18-32(7-2,29(39)40)35-28(38)25-16-14-20-36(25)21-19-33-30(41)34-27(31(3,4)5)23-37-22-24-15-11-12-17-26(24)44(37,42)43/h11-12,15,17,25,27-28,35,38H,6-10,13-14,16,18-23H2,1-5H3,(H,39,40)(H2,33,34,41)/t25-,27?,28?,32+/m0/s1. The Hall–Kier alpha value is -2.25. The molecule has 11 nitrogen and oxygen atoms in total. The number of unbranched alkanes of at least 4 members (excludes halogenated alkanes) is 4. The molecule has 250 valence electrons. The van der Waals surface area contributed by atoms with Gasteiger partial charge in [0.2, 0.25) is 10.0 Å². The number of aliphatic carboxylic acids is 1. The summed E-state index contributed by atoms with van der Waals surface area (Å²) in [6.45, 7) is 11.9.